The molecule has 36 heavy (non-hydrogen) atoms. The summed E-state index contributed by atoms with van der Waals surface area (Å²) < 4.78 is 6.39. The molecule has 0 aliphatic rings. The molecule has 0 N–H and O–H groups in total. The zero-order valence-electron chi connectivity index (χ0n) is 21.7. The van der Waals surface area contributed by atoms with Gasteiger partial charge in [0.05, 0.1) is 0 Å². The van der Waals surface area contributed by atoms with Gasteiger partial charge in [0, 0.05) is 4.43 Å². The Labute approximate surface area is 246 Å². The lowest BCUT2D eigenvalue weighted by Crippen LogP contribution is -1.96. The van der Waals surface area contributed by atoms with Crippen LogP contribution >= 0.6 is 45.6 Å². The predicted octanol–water partition coefficient (Wildman–Crippen LogP) is 11.4. The van der Waals surface area contributed by atoms with E-state index in [2.05, 4.69) is 96.9 Å². The lowest BCUT2D eigenvalue weighted by molar-refractivity contribution is 0.564. The second-order valence-electron chi connectivity index (χ2n) is 7.66. The van der Waals surface area contributed by atoms with E-state index in [0.717, 1.165) is 49.2 Å². The molecule has 1 nitrogen and oxygen atoms in total. The molecule has 0 aliphatic carbocycles. The van der Waals surface area contributed by atoms with Gasteiger partial charge in [0.1, 0.15) is 5.76 Å². The molecule has 0 fully saturated rings. The van der Waals surface area contributed by atoms with Crippen LogP contribution in [-0.4, -0.2) is 0 Å². The van der Waals surface area contributed by atoms with Crippen LogP contribution in [0.15, 0.2) is 128 Å². The van der Waals surface area contributed by atoms with Crippen molar-refractivity contribution in [1.82, 2.24) is 0 Å². The average molecular weight is 702 g/mol. The van der Waals surface area contributed by atoms with Gasteiger partial charge < -0.3 is 3.07 Å². The van der Waals surface area contributed by atoms with Gasteiger partial charge in [-0.2, -0.15) is 0 Å². The maximum absolute atomic E-state index is 5.28. The SMILES string of the molecule is C=C/C=C(\C=C(/C)OI)C(=C)c1cccc(-c2ccccc2)c1C(=C)C.CC.ICc1ccccc1. The lowest BCUT2D eigenvalue weighted by Gasteiger charge is -2.18. The van der Waals surface area contributed by atoms with Crippen molar-refractivity contribution in [2.45, 2.75) is 32.1 Å². The van der Waals surface area contributed by atoms with E-state index >= 15 is 0 Å². The van der Waals surface area contributed by atoms with Crippen molar-refractivity contribution in [3.05, 3.63) is 145 Å². The van der Waals surface area contributed by atoms with E-state index in [1.807, 2.05) is 87.1 Å². The van der Waals surface area contributed by atoms with Crippen molar-refractivity contribution in [2.24, 2.45) is 0 Å². The van der Waals surface area contributed by atoms with Crippen LogP contribution in [0.2, 0.25) is 0 Å². The van der Waals surface area contributed by atoms with Crippen LogP contribution in [0, 0.1) is 0 Å². The second kappa shape index (κ2) is 18.0. The van der Waals surface area contributed by atoms with Gasteiger partial charge in [-0.3, -0.25) is 0 Å². The molecule has 0 radical (unpaired) electrons. The molecule has 0 aliphatic heterocycles. The number of alkyl halides is 1. The van der Waals surface area contributed by atoms with Crippen LogP contribution in [0.5, 0.6) is 0 Å². The number of benzene rings is 3. The van der Waals surface area contributed by atoms with Crippen molar-refractivity contribution < 1.29 is 3.07 Å². The van der Waals surface area contributed by atoms with Gasteiger partial charge >= 0.3 is 0 Å². The summed E-state index contributed by atoms with van der Waals surface area (Å²) in [5.41, 5.74) is 8.76. The summed E-state index contributed by atoms with van der Waals surface area (Å²) in [6.45, 7) is 20.3. The Morgan fingerprint density at radius 1 is 0.861 bits per heavy atom. The molecule has 0 unspecified atom stereocenters. The van der Waals surface area contributed by atoms with Crippen molar-refractivity contribution in [1.29, 1.82) is 0 Å². The van der Waals surface area contributed by atoms with Crippen LogP contribution in [0.1, 0.15) is 44.4 Å². The quantitative estimate of drug-likeness (QED) is 0.0983. The van der Waals surface area contributed by atoms with Crippen molar-refractivity contribution in [3.8, 4) is 11.1 Å². The van der Waals surface area contributed by atoms with E-state index in [0.29, 0.717) is 0 Å². The summed E-state index contributed by atoms with van der Waals surface area (Å²) >= 11 is 4.23. The summed E-state index contributed by atoms with van der Waals surface area (Å²) in [4.78, 5) is 0. The van der Waals surface area contributed by atoms with Crippen molar-refractivity contribution in [3.63, 3.8) is 0 Å². The summed E-state index contributed by atoms with van der Waals surface area (Å²) in [6, 6.07) is 27.0. The van der Waals surface area contributed by atoms with Crippen molar-refractivity contribution >= 4 is 56.7 Å². The van der Waals surface area contributed by atoms with Crippen LogP contribution < -0.4 is 0 Å². The Hall–Kier alpha value is -2.38. The molecule has 0 aromatic heterocycles. The summed E-state index contributed by atoms with van der Waals surface area (Å²) in [7, 11) is 0. The average Bonchev–Trinajstić information content (AvgIpc) is 2.94. The fraction of sp³-hybridized carbons (Fsp3) is 0.152. The molecule has 3 rings (SSSR count). The highest BCUT2D eigenvalue weighted by molar-refractivity contribution is 14.1. The third-order valence-corrected chi connectivity index (χ3v) is 6.60. The summed E-state index contributed by atoms with van der Waals surface area (Å²) in [5, 5.41) is 0. The number of hydrogen-bond donors (Lipinski definition) is 0. The first kappa shape index (κ1) is 31.6. The molecule has 0 saturated heterocycles. The van der Waals surface area contributed by atoms with Gasteiger partial charge in [0.25, 0.3) is 0 Å². The van der Waals surface area contributed by atoms with E-state index in [1.54, 1.807) is 6.08 Å². The molecule has 0 saturated carbocycles. The summed E-state index contributed by atoms with van der Waals surface area (Å²) in [5.74, 6) is 0.802. The zero-order valence-corrected chi connectivity index (χ0v) is 26.0. The third-order valence-electron chi connectivity index (χ3n) is 5.02. The van der Waals surface area contributed by atoms with E-state index in [4.69, 9.17) is 3.07 Å². The lowest BCUT2D eigenvalue weighted by atomic mass is 9.86. The van der Waals surface area contributed by atoms with Gasteiger partial charge in [-0.05, 0) is 64.5 Å². The molecule has 3 aromatic rings. The molecule has 0 amide bonds. The molecule has 3 aromatic carbocycles. The van der Waals surface area contributed by atoms with E-state index in [1.165, 1.54) is 5.56 Å². The van der Waals surface area contributed by atoms with Crippen LogP contribution in [0.3, 0.4) is 0 Å². The molecular weight excluding hydrogens is 666 g/mol. The Morgan fingerprint density at radius 3 is 1.92 bits per heavy atom. The maximum atomic E-state index is 5.28. The molecule has 3 heteroatoms. The number of hydrogen-bond acceptors (Lipinski definition) is 1. The zero-order chi connectivity index (χ0) is 26.9. The highest BCUT2D eigenvalue weighted by Crippen LogP contribution is 2.36. The molecule has 0 spiro atoms. The molecule has 0 bridgehead atoms. The minimum atomic E-state index is 0.802. The van der Waals surface area contributed by atoms with Gasteiger partial charge in [-0.1, -0.05) is 147 Å². The minimum absolute atomic E-state index is 0.802. The molecule has 0 atom stereocenters. The first-order valence-corrected chi connectivity index (χ1v) is 14.3. The Bertz CT molecular complexity index is 1170. The Kier molecular flexibility index (Phi) is 15.8. The fourth-order valence-corrected chi connectivity index (χ4v) is 4.08. The van der Waals surface area contributed by atoms with Crippen LogP contribution in [0.4, 0.5) is 0 Å². The summed E-state index contributed by atoms with van der Waals surface area (Å²) in [6.07, 6.45) is 5.67. The minimum Gasteiger partial charge on any atom is -0.433 e. The monoisotopic (exact) mass is 702 g/mol. The Morgan fingerprint density at radius 2 is 1.44 bits per heavy atom. The number of halogens is 2. The highest BCUT2D eigenvalue weighted by atomic mass is 127. The van der Waals surface area contributed by atoms with Crippen molar-refractivity contribution in [2.75, 3.05) is 0 Å². The van der Waals surface area contributed by atoms with E-state index < -0.39 is 0 Å². The van der Waals surface area contributed by atoms with Gasteiger partial charge in [0.2, 0.25) is 0 Å². The van der Waals surface area contributed by atoms with Crippen LogP contribution in [-0.2, 0) is 7.49 Å². The smallest absolute Gasteiger partial charge is 0.192 e. The van der Waals surface area contributed by atoms with Crippen LogP contribution in [0.25, 0.3) is 22.3 Å². The highest BCUT2D eigenvalue weighted by Gasteiger charge is 2.14. The second-order valence-corrected chi connectivity index (χ2v) is 8.87. The predicted molar refractivity (Wildman–Crippen MR) is 178 cm³/mol. The first-order chi connectivity index (χ1) is 17.4. The van der Waals surface area contributed by atoms with Gasteiger partial charge in [-0.15, -0.1) is 0 Å². The molecule has 0 heterocycles. The van der Waals surface area contributed by atoms with E-state index in [9.17, 15) is 0 Å². The van der Waals surface area contributed by atoms with Gasteiger partial charge in [-0.25, -0.2) is 0 Å². The maximum Gasteiger partial charge on any atom is 0.192 e. The van der Waals surface area contributed by atoms with E-state index in [-0.39, 0.29) is 0 Å². The number of rotatable bonds is 8. The number of allylic oxidation sites excluding steroid dienone is 7. The van der Waals surface area contributed by atoms with Gasteiger partial charge in [0.15, 0.2) is 23.0 Å². The Balaban J connectivity index is 0.000000543. The largest absolute Gasteiger partial charge is 0.433 e. The fourth-order valence-electron chi connectivity index (χ4n) is 3.45. The molecule has 188 valence electrons. The third kappa shape index (κ3) is 9.94. The molecular formula is C33H36I2O. The first-order valence-electron chi connectivity index (χ1n) is 11.9. The standard InChI is InChI=1S/C24H23IO.C7H7I.C2H6/c1-6-11-21(16-18(4)26-25)19(5)22-14-10-15-23(24(22)17(2)3)20-12-8-7-9-13-20;8-6-7-4-2-1-3-5-7;1-2/h6-16H,1-2,5H2,3-4H3;1-5H,6H2;1-2H3/b18-16+,21-11+;;. The normalized spacial score (nSPS) is 10.7. The topological polar surface area (TPSA) is 9.23 Å².